The highest BCUT2D eigenvalue weighted by Crippen LogP contribution is 2.22. The molecule has 0 amide bonds. The number of aryl methyl sites for hydroxylation is 2. The molecule has 4 nitrogen and oxygen atoms in total. The molecule has 0 saturated carbocycles. The molecule has 0 bridgehead atoms. The van der Waals surface area contributed by atoms with E-state index in [4.69, 9.17) is 14.7 Å². The summed E-state index contributed by atoms with van der Waals surface area (Å²) < 4.78 is 10.4. The molecular formula is C14H17NO3. The number of hydrogen-bond acceptors (Lipinski definition) is 4. The first-order valence-corrected chi connectivity index (χ1v) is 5.84. The summed E-state index contributed by atoms with van der Waals surface area (Å²) in [7, 11) is 0. The van der Waals surface area contributed by atoms with Gasteiger partial charge in [0.15, 0.2) is 6.10 Å². The molecule has 1 aromatic carbocycles. The third-order valence-corrected chi connectivity index (χ3v) is 2.55. The van der Waals surface area contributed by atoms with Crippen molar-refractivity contribution in [3.8, 4) is 11.8 Å². The molecule has 1 aromatic rings. The first-order chi connectivity index (χ1) is 8.49. The number of nitriles is 1. The average Bonchev–Trinajstić information content (AvgIpc) is 2.28. The van der Waals surface area contributed by atoms with Crippen LogP contribution in [0.2, 0.25) is 0 Å². The predicted octanol–water partition coefficient (Wildman–Crippen LogP) is 2.51. The lowest BCUT2D eigenvalue weighted by molar-refractivity contribution is -0.150. The minimum atomic E-state index is -0.656. The summed E-state index contributed by atoms with van der Waals surface area (Å²) in [5.41, 5.74) is 2.32. The molecule has 1 rings (SSSR count). The molecule has 18 heavy (non-hydrogen) atoms. The Morgan fingerprint density at radius 3 is 2.39 bits per heavy atom. The summed E-state index contributed by atoms with van der Waals surface area (Å²) in [5.74, 6) is 0.182. The zero-order chi connectivity index (χ0) is 13.7. The maximum atomic E-state index is 11.4. The Kier molecular flexibility index (Phi) is 4.73. The third-order valence-electron chi connectivity index (χ3n) is 2.55. The SMILES string of the molecule is CCOC(=O)C(C)Oc1cc(C)c(C#N)c(C)c1. The van der Waals surface area contributed by atoms with Gasteiger partial charge in [0, 0.05) is 0 Å². The molecule has 0 N–H and O–H groups in total. The molecule has 1 unspecified atom stereocenters. The van der Waals surface area contributed by atoms with Crippen LogP contribution in [0, 0.1) is 25.2 Å². The number of nitrogens with zero attached hydrogens (tertiary/aromatic N) is 1. The van der Waals surface area contributed by atoms with E-state index in [9.17, 15) is 4.79 Å². The van der Waals surface area contributed by atoms with Crippen molar-refractivity contribution in [1.29, 1.82) is 5.26 Å². The molecule has 96 valence electrons. The fourth-order valence-electron chi connectivity index (χ4n) is 1.68. The molecule has 0 aliphatic rings. The monoisotopic (exact) mass is 247 g/mol. The van der Waals surface area contributed by atoms with Crippen LogP contribution in [0.5, 0.6) is 5.75 Å². The summed E-state index contributed by atoms with van der Waals surface area (Å²) in [5, 5.41) is 8.97. The van der Waals surface area contributed by atoms with Crippen molar-refractivity contribution >= 4 is 5.97 Å². The Morgan fingerprint density at radius 2 is 1.94 bits per heavy atom. The van der Waals surface area contributed by atoms with Crippen molar-refractivity contribution in [2.24, 2.45) is 0 Å². The van der Waals surface area contributed by atoms with Crippen molar-refractivity contribution in [2.75, 3.05) is 6.61 Å². The van der Waals surface area contributed by atoms with Gasteiger partial charge in [-0.1, -0.05) is 0 Å². The third kappa shape index (κ3) is 3.24. The van der Waals surface area contributed by atoms with Crippen LogP contribution in [0.15, 0.2) is 12.1 Å². The second kappa shape index (κ2) is 6.06. The zero-order valence-electron chi connectivity index (χ0n) is 11.1. The van der Waals surface area contributed by atoms with Crippen molar-refractivity contribution in [2.45, 2.75) is 33.8 Å². The number of hydrogen-bond donors (Lipinski definition) is 0. The van der Waals surface area contributed by atoms with Gasteiger partial charge in [0.2, 0.25) is 0 Å². The summed E-state index contributed by atoms with van der Waals surface area (Å²) in [6.07, 6.45) is -0.656. The average molecular weight is 247 g/mol. The van der Waals surface area contributed by atoms with E-state index in [-0.39, 0.29) is 0 Å². The summed E-state index contributed by atoms with van der Waals surface area (Å²) in [6, 6.07) is 5.64. The van der Waals surface area contributed by atoms with Gasteiger partial charge in [-0.05, 0) is 51.0 Å². The van der Waals surface area contributed by atoms with Gasteiger partial charge in [-0.15, -0.1) is 0 Å². The number of carbonyl (C=O) groups excluding carboxylic acids is 1. The van der Waals surface area contributed by atoms with Crippen LogP contribution in [0.25, 0.3) is 0 Å². The van der Waals surface area contributed by atoms with Crippen LogP contribution in [0.1, 0.15) is 30.5 Å². The Hall–Kier alpha value is -2.02. The largest absolute Gasteiger partial charge is 0.479 e. The maximum absolute atomic E-state index is 11.4. The lowest BCUT2D eigenvalue weighted by Crippen LogP contribution is -2.26. The highest BCUT2D eigenvalue weighted by atomic mass is 16.6. The molecule has 0 saturated heterocycles. The van der Waals surface area contributed by atoms with E-state index >= 15 is 0 Å². The quantitative estimate of drug-likeness (QED) is 0.767. The minimum Gasteiger partial charge on any atom is -0.479 e. The van der Waals surface area contributed by atoms with E-state index in [0.29, 0.717) is 17.9 Å². The molecule has 0 heterocycles. The number of carbonyl (C=O) groups is 1. The molecule has 0 radical (unpaired) electrons. The summed E-state index contributed by atoms with van der Waals surface area (Å²) >= 11 is 0. The van der Waals surface area contributed by atoms with Gasteiger partial charge in [0.1, 0.15) is 5.75 Å². The normalized spacial score (nSPS) is 11.5. The van der Waals surface area contributed by atoms with Gasteiger partial charge >= 0.3 is 5.97 Å². The van der Waals surface area contributed by atoms with E-state index in [0.717, 1.165) is 11.1 Å². The van der Waals surface area contributed by atoms with Gasteiger partial charge in [0.25, 0.3) is 0 Å². The molecular weight excluding hydrogens is 230 g/mol. The zero-order valence-corrected chi connectivity index (χ0v) is 11.1. The second-order valence-electron chi connectivity index (χ2n) is 4.06. The van der Waals surface area contributed by atoms with Gasteiger partial charge in [-0.25, -0.2) is 4.79 Å². The first-order valence-electron chi connectivity index (χ1n) is 5.84. The van der Waals surface area contributed by atoms with Crippen molar-refractivity contribution in [1.82, 2.24) is 0 Å². The number of benzene rings is 1. The summed E-state index contributed by atoms with van der Waals surface area (Å²) in [6.45, 7) is 7.40. The Morgan fingerprint density at radius 1 is 1.39 bits per heavy atom. The number of esters is 1. The molecule has 0 fully saturated rings. The van der Waals surface area contributed by atoms with Crippen molar-refractivity contribution in [3.05, 3.63) is 28.8 Å². The first kappa shape index (κ1) is 14.0. The second-order valence-corrected chi connectivity index (χ2v) is 4.06. The molecule has 1 atom stereocenters. The van der Waals surface area contributed by atoms with Crippen LogP contribution in [-0.4, -0.2) is 18.7 Å². The fourth-order valence-corrected chi connectivity index (χ4v) is 1.68. The van der Waals surface area contributed by atoms with Crippen LogP contribution in [-0.2, 0) is 9.53 Å². The van der Waals surface area contributed by atoms with Gasteiger partial charge in [-0.3, -0.25) is 0 Å². The Bertz CT molecular complexity index is 465. The summed E-state index contributed by atoms with van der Waals surface area (Å²) in [4.78, 5) is 11.4. The van der Waals surface area contributed by atoms with E-state index in [1.54, 1.807) is 26.0 Å². The maximum Gasteiger partial charge on any atom is 0.347 e. The molecule has 0 spiro atoms. The van der Waals surface area contributed by atoms with Gasteiger partial charge in [0.05, 0.1) is 18.2 Å². The van der Waals surface area contributed by atoms with E-state index in [1.165, 1.54) is 0 Å². The van der Waals surface area contributed by atoms with E-state index in [1.807, 2.05) is 13.8 Å². The molecule has 0 aromatic heterocycles. The lowest BCUT2D eigenvalue weighted by Gasteiger charge is -2.15. The van der Waals surface area contributed by atoms with Crippen LogP contribution < -0.4 is 4.74 Å². The van der Waals surface area contributed by atoms with Crippen molar-refractivity contribution < 1.29 is 14.3 Å². The minimum absolute atomic E-state index is 0.331. The van der Waals surface area contributed by atoms with Crippen LogP contribution >= 0.6 is 0 Å². The molecule has 0 aliphatic heterocycles. The Labute approximate surface area is 107 Å². The Balaban J connectivity index is 2.87. The van der Waals surface area contributed by atoms with Crippen LogP contribution in [0.4, 0.5) is 0 Å². The highest BCUT2D eigenvalue weighted by Gasteiger charge is 2.16. The standard InChI is InChI=1S/C14H17NO3/c1-5-17-14(16)11(4)18-12-6-9(2)13(8-15)10(3)7-12/h6-7,11H,5H2,1-4H3. The number of ether oxygens (including phenoxy) is 2. The fraction of sp³-hybridized carbons (Fsp3) is 0.429. The van der Waals surface area contributed by atoms with Gasteiger partial charge < -0.3 is 9.47 Å². The van der Waals surface area contributed by atoms with E-state index in [2.05, 4.69) is 6.07 Å². The smallest absolute Gasteiger partial charge is 0.347 e. The molecule has 4 heteroatoms. The van der Waals surface area contributed by atoms with Crippen molar-refractivity contribution in [3.63, 3.8) is 0 Å². The predicted molar refractivity (Wildman–Crippen MR) is 67.4 cm³/mol. The molecule has 0 aliphatic carbocycles. The highest BCUT2D eigenvalue weighted by molar-refractivity contribution is 5.74. The number of rotatable bonds is 4. The van der Waals surface area contributed by atoms with E-state index < -0.39 is 12.1 Å². The van der Waals surface area contributed by atoms with Crippen LogP contribution in [0.3, 0.4) is 0 Å². The van der Waals surface area contributed by atoms with Gasteiger partial charge in [-0.2, -0.15) is 5.26 Å². The topological polar surface area (TPSA) is 59.3 Å². The lowest BCUT2D eigenvalue weighted by atomic mass is 10.0.